The molecular weight excluding hydrogens is 775 g/mol. The van der Waals surface area contributed by atoms with Crippen LogP contribution < -0.4 is 14.9 Å². The lowest BCUT2D eigenvalue weighted by atomic mass is 9.99. The van der Waals surface area contributed by atoms with Gasteiger partial charge in [0.1, 0.15) is 22.9 Å². The normalized spacial score (nSPS) is 16.3. The number of nitrogens with one attached hydrogen (secondary N) is 3. The summed E-state index contributed by atoms with van der Waals surface area (Å²) in [6.45, 7) is 9.47. The van der Waals surface area contributed by atoms with Crippen LogP contribution in [0.1, 0.15) is 68.8 Å². The molecule has 0 saturated carbocycles. The van der Waals surface area contributed by atoms with Crippen LogP contribution in [-0.4, -0.2) is 66.0 Å². The zero-order chi connectivity index (χ0) is 40.9. The quantitative estimate of drug-likeness (QED) is 0.133. The van der Waals surface area contributed by atoms with Gasteiger partial charge in [-0.1, -0.05) is 30.3 Å². The average molecular weight is 816 g/mol. The number of benzene rings is 3. The van der Waals surface area contributed by atoms with Crippen LogP contribution in [0.15, 0.2) is 76.7 Å². The van der Waals surface area contributed by atoms with Crippen LogP contribution in [0.25, 0.3) is 15.9 Å². The molecule has 6 aromatic rings. The van der Waals surface area contributed by atoms with E-state index >= 15 is 0 Å². The molecule has 2 aliphatic rings. The lowest BCUT2D eigenvalue weighted by Gasteiger charge is -2.19. The molecule has 58 heavy (non-hydrogen) atoms. The van der Waals surface area contributed by atoms with Crippen LogP contribution in [0.5, 0.6) is 0 Å². The Morgan fingerprint density at radius 2 is 1.79 bits per heavy atom. The highest BCUT2D eigenvalue weighted by molar-refractivity contribution is 7.92. The first-order valence-corrected chi connectivity index (χ1v) is 21.1. The van der Waals surface area contributed by atoms with E-state index in [1.54, 1.807) is 41.8 Å². The van der Waals surface area contributed by atoms with Crippen molar-refractivity contribution in [3.63, 3.8) is 0 Å². The van der Waals surface area contributed by atoms with Gasteiger partial charge >= 0.3 is 5.97 Å². The van der Waals surface area contributed by atoms with E-state index in [4.69, 9.17) is 9.73 Å². The zero-order valence-corrected chi connectivity index (χ0v) is 34.2. The third-order valence-corrected chi connectivity index (χ3v) is 13.6. The van der Waals surface area contributed by atoms with Gasteiger partial charge in [0.05, 0.1) is 46.8 Å². The number of thiophene rings is 1. The van der Waals surface area contributed by atoms with Crippen molar-refractivity contribution in [3.8, 4) is 11.1 Å². The van der Waals surface area contributed by atoms with Crippen molar-refractivity contribution in [2.45, 2.75) is 58.0 Å². The average Bonchev–Trinajstić information content (AvgIpc) is 4.02. The van der Waals surface area contributed by atoms with Gasteiger partial charge < -0.3 is 19.9 Å². The van der Waals surface area contributed by atoms with Crippen LogP contribution >= 0.6 is 11.3 Å². The number of rotatable bonds is 10. The van der Waals surface area contributed by atoms with E-state index in [-0.39, 0.29) is 35.7 Å². The minimum absolute atomic E-state index is 0.0313. The number of sulfonamides is 1. The number of methoxy groups -OCH3 is 1. The minimum atomic E-state index is -3.93. The number of hydrogen-bond donors (Lipinski definition) is 3. The minimum Gasteiger partial charge on any atom is -0.469 e. The summed E-state index contributed by atoms with van der Waals surface area (Å²) < 4.78 is 36.2. The molecule has 2 atom stereocenters. The molecule has 0 spiro atoms. The Kier molecular flexibility index (Phi) is 10.1. The van der Waals surface area contributed by atoms with Crippen molar-refractivity contribution >= 4 is 61.2 Å². The SMILES string of the molecule is COC(=O)C[C@@H]1N=C(c2ccc(N3CC[C@@H](C(=O)NCc4ccc(S(=O)(=O)Nc5ccc(C)c6c(C#N)c[nH]c56)cc4)C3)cc2)c2c(sc(C)c2C)-n2c(C)nnc21. The number of aromatic nitrogens is 4. The Labute approximate surface area is 339 Å². The number of aromatic amines is 1. The molecule has 1 fully saturated rings. The maximum absolute atomic E-state index is 13.3. The van der Waals surface area contributed by atoms with Gasteiger partial charge in [-0.05, 0) is 81.1 Å². The predicted molar refractivity (Wildman–Crippen MR) is 222 cm³/mol. The lowest BCUT2D eigenvalue weighted by molar-refractivity contribution is -0.141. The predicted octanol–water partition coefficient (Wildman–Crippen LogP) is 6.31. The Morgan fingerprint density at radius 3 is 2.52 bits per heavy atom. The summed E-state index contributed by atoms with van der Waals surface area (Å²) in [5, 5.41) is 22.9. The molecule has 296 valence electrons. The second-order valence-electron chi connectivity index (χ2n) is 14.6. The number of aliphatic imine (C=N–C) groups is 1. The summed E-state index contributed by atoms with van der Waals surface area (Å²) >= 11 is 1.65. The van der Waals surface area contributed by atoms with E-state index in [2.05, 4.69) is 50.0 Å². The van der Waals surface area contributed by atoms with Crippen LogP contribution in [0.4, 0.5) is 11.4 Å². The van der Waals surface area contributed by atoms with Gasteiger partial charge in [0.15, 0.2) is 5.82 Å². The van der Waals surface area contributed by atoms with E-state index < -0.39 is 16.1 Å². The summed E-state index contributed by atoms with van der Waals surface area (Å²) in [6, 6.07) is 19.6. The number of nitrogens with zero attached hydrogens (tertiary/aromatic N) is 6. The molecule has 3 aromatic carbocycles. The molecule has 0 radical (unpaired) electrons. The molecule has 14 nitrogen and oxygen atoms in total. The number of fused-ring (bicyclic) bond motifs is 4. The Hall–Kier alpha value is -6.31. The molecule has 0 unspecified atom stereocenters. The summed E-state index contributed by atoms with van der Waals surface area (Å²) in [5.74, 6) is 0.663. The Balaban J connectivity index is 0.920. The number of hydrogen-bond acceptors (Lipinski definition) is 11. The fourth-order valence-electron chi connectivity index (χ4n) is 7.72. The molecule has 1 amide bonds. The smallest absolute Gasteiger partial charge is 0.308 e. The van der Waals surface area contributed by atoms with Crippen molar-refractivity contribution < 1.29 is 22.7 Å². The maximum Gasteiger partial charge on any atom is 0.308 e. The monoisotopic (exact) mass is 815 g/mol. The summed E-state index contributed by atoms with van der Waals surface area (Å²) in [4.78, 5) is 37.4. The van der Waals surface area contributed by atoms with Crippen molar-refractivity contribution in [3.05, 3.63) is 117 Å². The Bertz CT molecular complexity index is 2780. The van der Waals surface area contributed by atoms with Crippen LogP contribution in [0, 0.1) is 44.9 Å². The first kappa shape index (κ1) is 38.6. The number of aryl methyl sites for hydroxylation is 3. The van der Waals surface area contributed by atoms with Crippen LogP contribution in [0.2, 0.25) is 0 Å². The van der Waals surface area contributed by atoms with Gasteiger partial charge in [0, 0.05) is 52.9 Å². The largest absolute Gasteiger partial charge is 0.469 e. The van der Waals surface area contributed by atoms with E-state index in [0.717, 1.165) is 54.9 Å². The van der Waals surface area contributed by atoms with Crippen molar-refractivity contribution in [1.29, 1.82) is 5.26 Å². The molecule has 8 rings (SSSR count). The highest BCUT2D eigenvalue weighted by atomic mass is 32.2. The number of esters is 1. The fraction of sp³-hybridized carbons (Fsp3) is 0.286. The van der Waals surface area contributed by atoms with Crippen molar-refractivity contribution in [2.24, 2.45) is 10.9 Å². The first-order chi connectivity index (χ1) is 27.9. The third-order valence-electron chi connectivity index (χ3n) is 11.0. The fourth-order valence-corrected chi connectivity index (χ4v) is 10.0. The van der Waals surface area contributed by atoms with Gasteiger partial charge in [-0.15, -0.1) is 21.5 Å². The number of anilines is 2. The molecule has 0 bridgehead atoms. The molecule has 5 heterocycles. The van der Waals surface area contributed by atoms with Crippen LogP contribution in [-0.2, 0) is 30.9 Å². The zero-order valence-electron chi connectivity index (χ0n) is 32.6. The number of ether oxygens (including phenoxy) is 1. The van der Waals surface area contributed by atoms with Gasteiger partial charge in [-0.3, -0.25) is 23.9 Å². The number of carbonyl (C=O) groups excluding carboxylic acids is 2. The van der Waals surface area contributed by atoms with Crippen molar-refractivity contribution in [2.75, 3.05) is 29.8 Å². The lowest BCUT2D eigenvalue weighted by Crippen LogP contribution is -2.32. The first-order valence-electron chi connectivity index (χ1n) is 18.8. The number of nitriles is 1. The molecule has 0 aliphatic carbocycles. The third kappa shape index (κ3) is 7.00. The Morgan fingerprint density at radius 1 is 1.03 bits per heavy atom. The van der Waals surface area contributed by atoms with Gasteiger partial charge in [0.25, 0.3) is 10.0 Å². The topological polar surface area (TPSA) is 187 Å². The van der Waals surface area contributed by atoms with Crippen molar-refractivity contribution in [1.82, 2.24) is 25.1 Å². The summed E-state index contributed by atoms with van der Waals surface area (Å²) in [7, 11) is -2.56. The molecule has 2 aliphatic heterocycles. The summed E-state index contributed by atoms with van der Waals surface area (Å²) in [5.41, 5.74) is 7.75. The highest BCUT2D eigenvalue weighted by Crippen LogP contribution is 2.40. The number of amides is 1. The van der Waals surface area contributed by atoms with Crippen LogP contribution in [0.3, 0.4) is 0 Å². The van der Waals surface area contributed by atoms with Gasteiger partial charge in [0.2, 0.25) is 5.91 Å². The second-order valence-corrected chi connectivity index (χ2v) is 17.5. The van der Waals surface area contributed by atoms with E-state index in [9.17, 15) is 23.3 Å². The molecule has 3 N–H and O–H groups in total. The highest BCUT2D eigenvalue weighted by Gasteiger charge is 2.33. The summed E-state index contributed by atoms with van der Waals surface area (Å²) in [6.07, 6.45) is 2.29. The standard InChI is InChI=1S/C42H41N9O5S2/c1-23-6-15-33(39-36(23)30(19-43)21-44-39)49-58(54,55)32-13-7-27(8-14-32)20-45-41(53)29-16-17-50(22-29)31-11-9-28(10-12-31)38-37-24(2)25(3)57-42(37)51-26(4)47-48-40(51)34(46-38)18-35(52)56-5/h6-15,21,29,34,44,49H,16-18,20,22H2,1-5H3,(H,45,53)/t29-,34+/m1/s1. The second kappa shape index (κ2) is 15.2. The molecule has 3 aromatic heterocycles. The maximum atomic E-state index is 13.3. The molecule has 16 heteroatoms. The number of H-pyrrole nitrogens is 1. The van der Waals surface area contributed by atoms with E-state index in [0.29, 0.717) is 47.5 Å². The van der Waals surface area contributed by atoms with E-state index in [1.165, 1.54) is 19.2 Å². The number of carbonyl (C=O) groups is 2. The molecular formula is C42H41N9O5S2. The van der Waals surface area contributed by atoms with Gasteiger partial charge in [-0.2, -0.15) is 5.26 Å². The van der Waals surface area contributed by atoms with Gasteiger partial charge in [-0.25, -0.2) is 8.42 Å². The molecule has 1 saturated heterocycles. The van der Waals surface area contributed by atoms with E-state index in [1.807, 2.05) is 42.7 Å².